The standard InChI is InChI=1S/C21H27NO/c1-20-8-6-17-19(16(20)4-3-12(20)11-22)15-10-14(15)18-9-13(23)5-7-21(17,18)2/h9,12,14-17,19H,3-8,10H2,1-2H3/t12-,14?,15?,16+,17+,19+,20-,21-/m1/s1. The molecule has 2 unspecified atom stereocenters. The van der Waals surface area contributed by atoms with Crippen LogP contribution in [0.1, 0.15) is 58.8 Å². The molecular formula is C21H27NO. The molecule has 0 spiro atoms. The van der Waals surface area contributed by atoms with Crippen LogP contribution in [0.4, 0.5) is 0 Å². The Bertz CT molecular complexity index is 657. The Morgan fingerprint density at radius 3 is 2.78 bits per heavy atom. The summed E-state index contributed by atoms with van der Waals surface area (Å²) in [4.78, 5) is 12.0. The van der Waals surface area contributed by atoms with Gasteiger partial charge in [-0.2, -0.15) is 5.26 Å². The molecule has 0 heterocycles. The molecule has 0 aromatic carbocycles. The molecule has 5 rings (SSSR count). The molecule has 2 heteroatoms. The van der Waals surface area contributed by atoms with E-state index in [1.54, 1.807) is 0 Å². The first-order chi connectivity index (χ1) is 11.0. The van der Waals surface area contributed by atoms with Gasteiger partial charge in [-0.25, -0.2) is 0 Å². The summed E-state index contributed by atoms with van der Waals surface area (Å²) in [7, 11) is 0. The Labute approximate surface area is 139 Å². The van der Waals surface area contributed by atoms with Crippen molar-refractivity contribution in [2.24, 2.45) is 46.3 Å². The highest BCUT2D eigenvalue weighted by molar-refractivity contribution is 5.92. The van der Waals surface area contributed by atoms with Crippen molar-refractivity contribution in [2.45, 2.75) is 58.8 Å². The molecule has 0 N–H and O–H groups in total. The molecule has 2 nitrogen and oxygen atoms in total. The lowest BCUT2D eigenvalue weighted by Crippen LogP contribution is -2.51. The van der Waals surface area contributed by atoms with E-state index in [9.17, 15) is 10.1 Å². The normalized spacial score (nSPS) is 56.6. The lowest BCUT2D eigenvalue weighted by Gasteiger charge is -2.57. The molecule has 0 bridgehead atoms. The van der Waals surface area contributed by atoms with Crippen LogP contribution in [0, 0.1) is 57.7 Å². The molecule has 0 saturated heterocycles. The highest BCUT2D eigenvalue weighted by atomic mass is 16.1. The summed E-state index contributed by atoms with van der Waals surface area (Å²) in [5.41, 5.74) is 2.08. The van der Waals surface area contributed by atoms with Crippen molar-refractivity contribution < 1.29 is 4.79 Å². The summed E-state index contributed by atoms with van der Waals surface area (Å²) < 4.78 is 0. The second-order valence-electron chi connectivity index (χ2n) is 9.58. The zero-order valence-electron chi connectivity index (χ0n) is 14.3. The van der Waals surface area contributed by atoms with Crippen LogP contribution in [0.5, 0.6) is 0 Å². The van der Waals surface area contributed by atoms with E-state index in [2.05, 4.69) is 19.9 Å². The number of carbonyl (C=O) groups excluding carboxylic acids is 1. The fourth-order valence-corrected chi connectivity index (χ4v) is 7.61. The van der Waals surface area contributed by atoms with Crippen LogP contribution in [0.3, 0.4) is 0 Å². The quantitative estimate of drug-likeness (QED) is 0.660. The molecule has 0 amide bonds. The van der Waals surface area contributed by atoms with Crippen LogP contribution in [0.15, 0.2) is 11.6 Å². The summed E-state index contributed by atoms with van der Waals surface area (Å²) in [6, 6.07) is 2.64. The third-order valence-corrected chi connectivity index (χ3v) is 8.91. The van der Waals surface area contributed by atoms with Crippen molar-refractivity contribution in [3.8, 4) is 6.07 Å². The predicted molar refractivity (Wildman–Crippen MR) is 88.2 cm³/mol. The predicted octanol–water partition coefficient (Wildman–Crippen LogP) is 4.51. The van der Waals surface area contributed by atoms with Crippen LogP contribution in [0.2, 0.25) is 0 Å². The van der Waals surface area contributed by atoms with Gasteiger partial charge in [-0.15, -0.1) is 0 Å². The SMILES string of the molecule is C[C@]12CC[C@H]3[C@@H](C4CC4C4=CC(=O)CC[C@@]43C)[C@@H]1CC[C@@H]2C#N. The van der Waals surface area contributed by atoms with Gasteiger partial charge in [-0.1, -0.05) is 19.4 Å². The Morgan fingerprint density at radius 1 is 1.17 bits per heavy atom. The number of carbonyl (C=O) groups is 1. The molecule has 8 atom stereocenters. The second kappa shape index (κ2) is 4.29. The molecule has 0 radical (unpaired) electrons. The van der Waals surface area contributed by atoms with Crippen molar-refractivity contribution in [3.63, 3.8) is 0 Å². The van der Waals surface area contributed by atoms with Gasteiger partial charge in [0.05, 0.1) is 12.0 Å². The lowest BCUT2D eigenvalue weighted by molar-refractivity contribution is -0.117. The van der Waals surface area contributed by atoms with E-state index in [-0.39, 0.29) is 16.7 Å². The minimum atomic E-state index is 0.269. The number of nitrogens with zero attached hydrogens (tertiary/aromatic N) is 1. The molecule has 0 aromatic heterocycles. The fraction of sp³-hybridized carbons (Fsp3) is 0.810. The average Bonchev–Trinajstić information content (AvgIpc) is 3.24. The van der Waals surface area contributed by atoms with Crippen molar-refractivity contribution in [3.05, 3.63) is 11.6 Å². The number of rotatable bonds is 0. The van der Waals surface area contributed by atoms with Gasteiger partial charge in [-0.05, 0) is 85.0 Å². The van der Waals surface area contributed by atoms with E-state index in [0.29, 0.717) is 11.7 Å². The maximum atomic E-state index is 12.0. The molecule has 0 aliphatic heterocycles. The van der Waals surface area contributed by atoms with E-state index < -0.39 is 0 Å². The van der Waals surface area contributed by atoms with E-state index in [0.717, 1.165) is 42.9 Å². The van der Waals surface area contributed by atoms with Gasteiger partial charge >= 0.3 is 0 Å². The zero-order chi connectivity index (χ0) is 16.0. The topological polar surface area (TPSA) is 40.9 Å². The van der Waals surface area contributed by atoms with Crippen molar-refractivity contribution in [2.75, 3.05) is 0 Å². The highest BCUT2D eigenvalue weighted by Gasteiger charge is 2.67. The van der Waals surface area contributed by atoms with E-state index >= 15 is 0 Å². The third-order valence-electron chi connectivity index (χ3n) is 8.91. The highest BCUT2D eigenvalue weighted by Crippen LogP contribution is 2.74. The molecule has 0 aromatic rings. The first kappa shape index (κ1) is 14.3. The molecule has 5 aliphatic carbocycles. The number of nitriles is 1. The van der Waals surface area contributed by atoms with Crippen molar-refractivity contribution >= 4 is 5.78 Å². The smallest absolute Gasteiger partial charge is 0.155 e. The zero-order valence-corrected chi connectivity index (χ0v) is 14.3. The van der Waals surface area contributed by atoms with Crippen LogP contribution >= 0.6 is 0 Å². The van der Waals surface area contributed by atoms with Gasteiger partial charge < -0.3 is 0 Å². The lowest BCUT2D eigenvalue weighted by atomic mass is 9.47. The number of fused-ring (bicyclic) bond motifs is 8. The van der Waals surface area contributed by atoms with Crippen molar-refractivity contribution in [1.29, 1.82) is 5.26 Å². The molecule has 122 valence electrons. The molecule has 4 saturated carbocycles. The van der Waals surface area contributed by atoms with Gasteiger partial charge in [0.25, 0.3) is 0 Å². The van der Waals surface area contributed by atoms with Gasteiger partial charge in [-0.3, -0.25) is 4.79 Å². The van der Waals surface area contributed by atoms with Gasteiger partial charge in [0.2, 0.25) is 0 Å². The van der Waals surface area contributed by atoms with E-state index in [4.69, 9.17) is 0 Å². The van der Waals surface area contributed by atoms with Crippen LogP contribution < -0.4 is 0 Å². The Hall–Kier alpha value is -1.10. The minimum Gasteiger partial charge on any atom is -0.295 e. The van der Waals surface area contributed by atoms with Gasteiger partial charge in [0.1, 0.15) is 0 Å². The average molecular weight is 309 g/mol. The third kappa shape index (κ3) is 1.62. The summed E-state index contributed by atoms with van der Waals surface area (Å²) in [5.74, 6) is 4.53. The molecule has 5 aliphatic rings. The summed E-state index contributed by atoms with van der Waals surface area (Å²) >= 11 is 0. The second-order valence-corrected chi connectivity index (χ2v) is 9.58. The van der Waals surface area contributed by atoms with Crippen LogP contribution in [-0.2, 0) is 4.79 Å². The van der Waals surface area contributed by atoms with Gasteiger partial charge in [0.15, 0.2) is 5.78 Å². The van der Waals surface area contributed by atoms with Crippen molar-refractivity contribution in [1.82, 2.24) is 0 Å². The Balaban J connectivity index is 1.57. The Morgan fingerprint density at radius 2 is 2.00 bits per heavy atom. The molecule has 23 heavy (non-hydrogen) atoms. The monoisotopic (exact) mass is 309 g/mol. The number of hydrogen-bond donors (Lipinski definition) is 0. The number of allylic oxidation sites excluding steroid dienone is 1. The maximum Gasteiger partial charge on any atom is 0.155 e. The Kier molecular flexibility index (Phi) is 2.66. The first-order valence-electron chi connectivity index (χ1n) is 9.63. The molecular weight excluding hydrogens is 282 g/mol. The van der Waals surface area contributed by atoms with Gasteiger partial charge in [0, 0.05) is 6.42 Å². The number of ketones is 1. The molecule has 4 fully saturated rings. The largest absolute Gasteiger partial charge is 0.295 e. The summed E-state index contributed by atoms with van der Waals surface area (Å²) in [6.45, 7) is 4.89. The number of hydrogen-bond acceptors (Lipinski definition) is 2. The van der Waals surface area contributed by atoms with E-state index in [1.807, 2.05) is 6.08 Å². The first-order valence-corrected chi connectivity index (χ1v) is 9.63. The summed E-state index contributed by atoms with van der Waals surface area (Å²) in [6.07, 6.45) is 10.1. The minimum absolute atomic E-state index is 0.269. The van der Waals surface area contributed by atoms with E-state index in [1.165, 1.54) is 31.3 Å². The maximum absolute atomic E-state index is 12.0. The van der Waals surface area contributed by atoms with Crippen LogP contribution in [-0.4, -0.2) is 5.78 Å². The summed E-state index contributed by atoms with van der Waals surface area (Å²) in [5, 5.41) is 9.61. The van der Waals surface area contributed by atoms with Crippen LogP contribution in [0.25, 0.3) is 0 Å². The fourth-order valence-electron chi connectivity index (χ4n) is 7.61.